The molecule has 134 valence electrons. The molecule has 3 aromatic rings. The fraction of sp³-hybridized carbons (Fsp3) is 0.286. The van der Waals surface area contributed by atoms with Crippen molar-refractivity contribution in [2.45, 2.75) is 25.2 Å². The van der Waals surface area contributed by atoms with E-state index in [1.165, 1.54) is 21.0 Å². The van der Waals surface area contributed by atoms with E-state index in [1.54, 1.807) is 14.2 Å². The highest BCUT2D eigenvalue weighted by Crippen LogP contribution is 2.57. The van der Waals surface area contributed by atoms with Crippen LogP contribution < -0.4 is 9.47 Å². The number of para-hydroxylation sites is 1. The number of rotatable bonds is 5. The van der Waals surface area contributed by atoms with Crippen molar-refractivity contribution in [1.29, 1.82) is 0 Å². The number of aryl methyl sites for hydroxylation is 1. The topological polar surface area (TPSA) is 31.4 Å². The van der Waals surface area contributed by atoms with E-state index in [0.29, 0.717) is 0 Å². The van der Waals surface area contributed by atoms with Gasteiger partial charge in [0.2, 0.25) is 0 Å². The van der Waals surface area contributed by atoms with Crippen LogP contribution in [0.2, 0.25) is 0 Å². The lowest BCUT2D eigenvalue weighted by atomic mass is 9.95. The van der Waals surface area contributed by atoms with Crippen LogP contribution in [0.4, 0.5) is 0 Å². The maximum Gasteiger partial charge on any atom is 0.123 e. The number of benzene rings is 2. The number of thiazole rings is 1. The molecule has 0 N–H and O–H groups in total. The van der Waals surface area contributed by atoms with Gasteiger partial charge in [-0.1, -0.05) is 18.2 Å². The van der Waals surface area contributed by atoms with Gasteiger partial charge in [-0.25, -0.2) is 4.98 Å². The quantitative estimate of drug-likeness (QED) is 0.434. The summed E-state index contributed by atoms with van der Waals surface area (Å²) in [6, 6.07) is 14.5. The molecule has 1 heterocycles. The van der Waals surface area contributed by atoms with Crippen molar-refractivity contribution in [3.63, 3.8) is 0 Å². The Morgan fingerprint density at radius 1 is 1.08 bits per heavy atom. The second-order valence-electron chi connectivity index (χ2n) is 6.55. The van der Waals surface area contributed by atoms with Crippen molar-refractivity contribution in [3.8, 4) is 22.8 Å². The molecule has 0 unspecified atom stereocenters. The molecule has 0 spiro atoms. The molecule has 1 aliphatic rings. The summed E-state index contributed by atoms with van der Waals surface area (Å²) in [6.07, 6.45) is 2.25. The van der Waals surface area contributed by atoms with Gasteiger partial charge in [-0.05, 0) is 66.6 Å². The Bertz CT molecular complexity index is 962. The van der Waals surface area contributed by atoms with Gasteiger partial charge in [-0.2, -0.15) is 0 Å². The van der Waals surface area contributed by atoms with E-state index < -0.39 is 0 Å². The molecule has 1 aromatic heterocycles. The second-order valence-corrected chi connectivity index (χ2v) is 8.92. The normalized spacial score (nSPS) is 14.9. The van der Waals surface area contributed by atoms with Crippen LogP contribution in [0.3, 0.4) is 0 Å². The van der Waals surface area contributed by atoms with Gasteiger partial charge in [0.05, 0.1) is 25.3 Å². The molecule has 0 saturated heterocycles. The smallest absolute Gasteiger partial charge is 0.123 e. The van der Waals surface area contributed by atoms with Crippen LogP contribution >= 0.6 is 33.9 Å². The van der Waals surface area contributed by atoms with Gasteiger partial charge in [0.1, 0.15) is 16.5 Å². The maximum atomic E-state index is 5.62. The first-order chi connectivity index (χ1) is 12.6. The zero-order valence-corrected chi connectivity index (χ0v) is 18.0. The Morgan fingerprint density at radius 2 is 1.85 bits per heavy atom. The fourth-order valence-electron chi connectivity index (χ4n) is 3.43. The maximum absolute atomic E-state index is 5.62. The third kappa shape index (κ3) is 2.91. The van der Waals surface area contributed by atoms with Gasteiger partial charge in [0, 0.05) is 19.6 Å². The van der Waals surface area contributed by atoms with Crippen molar-refractivity contribution in [3.05, 3.63) is 61.5 Å². The monoisotopic (exact) mass is 477 g/mol. The van der Waals surface area contributed by atoms with Gasteiger partial charge in [-0.15, -0.1) is 11.3 Å². The molecule has 0 radical (unpaired) electrons. The van der Waals surface area contributed by atoms with Crippen molar-refractivity contribution >= 4 is 33.9 Å². The summed E-state index contributed by atoms with van der Waals surface area (Å²) in [7, 11) is 3.44. The van der Waals surface area contributed by atoms with Crippen LogP contribution in [0.15, 0.2) is 42.5 Å². The summed E-state index contributed by atoms with van der Waals surface area (Å²) in [5.74, 6) is 1.83. The Balaban J connectivity index is 1.78. The summed E-state index contributed by atoms with van der Waals surface area (Å²) < 4.78 is 12.1. The highest BCUT2D eigenvalue weighted by Gasteiger charge is 2.50. The number of halogens is 1. The Labute approximate surface area is 171 Å². The van der Waals surface area contributed by atoms with Crippen LogP contribution in [0.25, 0.3) is 11.3 Å². The van der Waals surface area contributed by atoms with E-state index >= 15 is 0 Å². The Morgan fingerprint density at radius 3 is 2.50 bits per heavy atom. The van der Waals surface area contributed by atoms with Crippen LogP contribution in [0, 0.1) is 10.5 Å². The Kier molecular flexibility index (Phi) is 4.69. The zero-order valence-electron chi connectivity index (χ0n) is 15.0. The standard InChI is InChI=1S/C21H20INO2S/c1-13-19(15-9-8-14(24-2)12-17(15)22)23-20(26-13)21(10-11-21)16-6-4-5-7-18(16)25-3/h4-9,12H,10-11H2,1-3H3. The third-order valence-corrected chi connectivity index (χ3v) is 7.08. The minimum absolute atomic E-state index is 0.0121. The van der Waals surface area contributed by atoms with Crippen LogP contribution in [-0.2, 0) is 5.41 Å². The van der Waals surface area contributed by atoms with Gasteiger partial charge < -0.3 is 9.47 Å². The van der Waals surface area contributed by atoms with Crippen molar-refractivity contribution in [1.82, 2.24) is 4.98 Å². The predicted octanol–water partition coefficient (Wildman–Crippen LogP) is 5.82. The molecule has 0 atom stereocenters. The molecule has 5 heteroatoms. The average Bonchev–Trinajstić information content (AvgIpc) is 3.38. The van der Waals surface area contributed by atoms with E-state index in [1.807, 2.05) is 29.5 Å². The van der Waals surface area contributed by atoms with Crippen LogP contribution in [0.1, 0.15) is 28.3 Å². The molecule has 1 aliphatic carbocycles. The van der Waals surface area contributed by atoms with Crippen LogP contribution in [-0.4, -0.2) is 19.2 Å². The Hall–Kier alpha value is -1.60. The molecule has 0 bridgehead atoms. The number of aromatic nitrogens is 1. The molecule has 26 heavy (non-hydrogen) atoms. The van der Waals surface area contributed by atoms with E-state index in [0.717, 1.165) is 33.6 Å². The lowest BCUT2D eigenvalue weighted by Crippen LogP contribution is -2.10. The van der Waals surface area contributed by atoms with Crippen molar-refractivity contribution < 1.29 is 9.47 Å². The van der Waals surface area contributed by atoms with Gasteiger partial charge >= 0.3 is 0 Å². The number of ether oxygens (including phenoxy) is 2. The van der Waals surface area contributed by atoms with Gasteiger partial charge in [-0.3, -0.25) is 0 Å². The molecule has 2 aromatic carbocycles. The molecule has 1 saturated carbocycles. The predicted molar refractivity (Wildman–Crippen MR) is 115 cm³/mol. The number of methoxy groups -OCH3 is 2. The first kappa shape index (κ1) is 17.8. The summed E-state index contributed by atoms with van der Waals surface area (Å²) in [6.45, 7) is 2.16. The first-order valence-corrected chi connectivity index (χ1v) is 10.4. The lowest BCUT2D eigenvalue weighted by molar-refractivity contribution is 0.406. The van der Waals surface area contributed by atoms with E-state index in [-0.39, 0.29) is 5.41 Å². The van der Waals surface area contributed by atoms with E-state index in [4.69, 9.17) is 14.5 Å². The molecule has 4 rings (SSSR count). The number of hydrogen-bond acceptors (Lipinski definition) is 4. The molecule has 0 aliphatic heterocycles. The molecular formula is C21H20INO2S. The SMILES string of the molecule is COc1ccc(-c2nc(C3(c4ccccc4OC)CC3)sc2C)c(I)c1. The average molecular weight is 477 g/mol. The fourth-order valence-corrected chi connectivity index (χ4v) is 5.36. The summed E-state index contributed by atoms with van der Waals surface area (Å²) in [4.78, 5) is 6.35. The summed E-state index contributed by atoms with van der Waals surface area (Å²) in [5.41, 5.74) is 3.52. The summed E-state index contributed by atoms with van der Waals surface area (Å²) in [5, 5.41) is 1.20. The van der Waals surface area contributed by atoms with Crippen molar-refractivity contribution in [2.75, 3.05) is 14.2 Å². The largest absolute Gasteiger partial charge is 0.497 e. The highest BCUT2D eigenvalue weighted by molar-refractivity contribution is 14.1. The minimum atomic E-state index is 0.0121. The molecule has 0 amide bonds. The molecule has 1 fully saturated rings. The summed E-state index contributed by atoms with van der Waals surface area (Å²) >= 11 is 4.17. The first-order valence-electron chi connectivity index (χ1n) is 8.54. The molecular weight excluding hydrogens is 457 g/mol. The van der Waals surface area contributed by atoms with Gasteiger partial charge in [0.25, 0.3) is 0 Å². The van der Waals surface area contributed by atoms with Crippen LogP contribution in [0.5, 0.6) is 11.5 Å². The highest BCUT2D eigenvalue weighted by atomic mass is 127. The van der Waals surface area contributed by atoms with E-state index in [2.05, 4.69) is 53.8 Å². The minimum Gasteiger partial charge on any atom is -0.497 e. The number of hydrogen-bond donors (Lipinski definition) is 0. The number of nitrogens with zero attached hydrogens (tertiary/aromatic N) is 1. The molecule has 3 nitrogen and oxygen atoms in total. The van der Waals surface area contributed by atoms with Crippen molar-refractivity contribution in [2.24, 2.45) is 0 Å². The second kappa shape index (κ2) is 6.85. The van der Waals surface area contributed by atoms with E-state index in [9.17, 15) is 0 Å². The zero-order chi connectivity index (χ0) is 18.3. The lowest BCUT2D eigenvalue weighted by Gasteiger charge is -2.16. The van der Waals surface area contributed by atoms with Gasteiger partial charge in [0.15, 0.2) is 0 Å². The third-order valence-electron chi connectivity index (χ3n) is 5.01.